The van der Waals surface area contributed by atoms with Crippen LogP contribution in [0.3, 0.4) is 0 Å². The molecule has 3 rings (SSSR count). The Bertz CT molecular complexity index is 632. The summed E-state index contributed by atoms with van der Waals surface area (Å²) in [6.45, 7) is 2.13. The van der Waals surface area contributed by atoms with Gasteiger partial charge < -0.3 is 10.7 Å². The average molecular weight is 334 g/mol. The van der Waals surface area contributed by atoms with Gasteiger partial charge in [0.25, 0.3) is 0 Å². The molecule has 0 atom stereocenters. The third-order valence-electron chi connectivity index (χ3n) is 2.22. The normalized spacial score (nSPS) is 11.9. The molecule has 3 N–H and O–H groups in total. The Labute approximate surface area is 102 Å². The second-order valence-corrected chi connectivity index (χ2v) is 7.31. The number of aromatic nitrogens is 1. The Hall–Kier alpha value is -0.270. The summed E-state index contributed by atoms with van der Waals surface area (Å²) in [5.74, 6) is 0. The molecule has 3 aromatic rings. The molecule has 14 heavy (non-hydrogen) atoms. The van der Waals surface area contributed by atoms with Crippen molar-refractivity contribution in [2.45, 2.75) is 6.92 Å². The Kier molecular flexibility index (Phi) is 1.84. The van der Waals surface area contributed by atoms with Crippen molar-refractivity contribution in [2.24, 2.45) is 0 Å². The van der Waals surface area contributed by atoms with Crippen molar-refractivity contribution in [1.82, 2.24) is 4.98 Å². The van der Waals surface area contributed by atoms with Crippen LogP contribution < -0.4 is 5.73 Å². The molecule has 0 bridgehead atoms. The van der Waals surface area contributed by atoms with Gasteiger partial charge >= 0.3 is 0 Å². The minimum absolute atomic E-state index is 0.895. The number of halogens is 1. The van der Waals surface area contributed by atoms with Crippen LogP contribution in [0, 0.1) is 9.81 Å². The predicted molar refractivity (Wildman–Crippen MR) is 73.4 cm³/mol. The number of thiophene rings is 2. The van der Waals surface area contributed by atoms with Crippen molar-refractivity contribution in [3.05, 3.63) is 13.8 Å². The molecular formula is C9H7IN2S2. The molecule has 0 aromatic carbocycles. The highest BCUT2D eigenvalue weighted by Crippen LogP contribution is 2.41. The van der Waals surface area contributed by atoms with E-state index >= 15 is 0 Å². The summed E-state index contributed by atoms with van der Waals surface area (Å²) in [5, 5.41) is 0. The summed E-state index contributed by atoms with van der Waals surface area (Å²) in [7, 11) is 0. The molecule has 0 saturated heterocycles. The highest BCUT2D eigenvalue weighted by molar-refractivity contribution is 14.1. The molecule has 0 amide bonds. The summed E-state index contributed by atoms with van der Waals surface area (Å²) in [5.41, 5.74) is 9.20. The first kappa shape index (κ1) is 8.99. The first-order valence-electron chi connectivity index (χ1n) is 4.12. The van der Waals surface area contributed by atoms with Gasteiger partial charge in [-0.1, -0.05) is 0 Å². The topological polar surface area (TPSA) is 41.8 Å². The zero-order valence-electron chi connectivity index (χ0n) is 7.35. The Morgan fingerprint density at radius 1 is 1.36 bits per heavy atom. The quantitative estimate of drug-likeness (QED) is 0.601. The number of hydrogen-bond donors (Lipinski definition) is 2. The van der Waals surface area contributed by atoms with Gasteiger partial charge in [0.1, 0.15) is 0 Å². The molecule has 0 fully saturated rings. The second-order valence-electron chi connectivity index (χ2n) is 3.22. The Morgan fingerprint density at radius 3 is 2.93 bits per heavy atom. The fourth-order valence-electron chi connectivity index (χ4n) is 1.61. The molecular weight excluding hydrogens is 327 g/mol. The number of anilines is 1. The smallest absolute Gasteiger partial charge is 0.0911 e. The van der Waals surface area contributed by atoms with Gasteiger partial charge in [-0.2, -0.15) is 0 Å². The van der Waals surface area contributed by atoms with Crippen LogP contribution in [0.5, 0.6) is 0 Å². The molecule has 5 heteroatoms. The second kappa shape index (κ2) is 2.86. The number of fused-ring (bicyclic) bond motifs is 3. The molecule has 0 aliphatic rings. The summed E-state index contributed by atoms with van der Waals surface area (Å²) in [6, 6.07) is 2.18. The zero-order chi connectivity index (χ0) is 9.87. The van der Waals surface area contributed by atoms with Crippen LogP contribution in [0.4, 0.5) is 5.69 Å². The van der Waals surface area contributed by atoms with E-state index in [4.69, 9.17) is 5.73 Å². The van der Waals surface area contributed by atoms with Crippen molar-refractivity contribution in [3.8, 4) is 0 Å². The molecule has 0 aliphatic heterocycles. The number of nitrogens with one attached hydrogen (secondary N) is 1. The summed E-state index contributed by atoms with van der Waals surface area (Å²) in [6.07, 6.45) is 0. The number of H-pyrrole nitrogens is 1. The van der Waals surface area contributed by atoms with Crippen LogP contribution in [-0.2, 0) is 0 Å². The predicted octanol–water partition coefficient (Wildman–Crippen LogP) is 3.94. The van der Waals surface area contributed by atoms with Gasteiger partial charge in [0.05, 0.1) is 29.0 Å². The first-order valence-corrected chi connectivity index (χ1v) is 6.83. The monoisotopic (exact) mass is 334 g/mol. The van der Waals surface area contributed by atoms with E-state index in [9.17, 15) is 0 Å². The van der Waals surface area contributed by atoms with Gasteiger partial charge in [0.15, 0.2) is 0 Å². The number of aromatic amines is 1. The third-order valence-corrected chi connectivity index (χ3v) is 5.67. The number of aryl methyl sites for hydroxylation is 1. The maximum atomic E-state index is 5.98. The van der Waals surface area contributed by atoms with Gasteiger partial charge in [-0.25, -0.2) is 0 Å². The van der Waals surface area contributed by atoms with Crippen molar-refractivity contribution < 1.29 is 0 Å². The van der Waals surface area contributed by atoms with E-state index in [1.165, 1.54) is 22.7 Å². The maximum Gasteiger partial charge on any atom is 0.0911 e. The largest absolute Gasteiger partial charge is 0.395 e. The number of hydrogen-bond acceptors (Lipinski definition) is 3. The van der Waals surface area contributed by atoms with Crippen molar-refractivity contribution in [1.29, 1.82) is 0 Å². The van der Waals surface area contributed by atoms with E-state index in [2.05, 4.69) is 40.6 Å². The molecule has 0 radical (unpaired) electrons. The van der Waals surface area contributed by atoms with Crippen molar-refractivity contribution in [2.75, 3.05) is 5.73 Å². The number of rotatable bonds is 0. The third kappa shape index (κ3) is 1.06. The maximum absolute atomic E-state index is 5.98. The number of nitrogen functional groups attached to an aromatic ring is 1. The lowest BCUT2D eigenvalue weighted by molar-refractivity contribution is 1.54. The molecule has 2 nitrogen and oxygen atoms in total. The lowest BCUT2D eigenvalue weighted by atomic mass is 10.4. The van der Waals surface area contributed by atoms with E-state index in [1.807, 2.05) is 11.3 Å². The van der Waals surface area contributed by atoms with Crippen LogP contribution >= 0.6 is 45.3 Å². The van der Waals surface area contributed by atoms with E-state index < -0.39 is 0 Å². The van der Waals surface area contributed by atoms with Crippen LogP contribution in [-0.4, -0.2) is 4.98 Å². The van der Waals surface area contributed by atoms with Crippen LogP contribution in [0.2, 0.25) is 0 Å². The SMILES string of the molecule is Cc1cc2[nH]c3c(N)c(I)sc3c2s1. The van der Waals surface area contributed by atoms with Gasteiger partial charge in [-0.05, 0) is 35.6 Å². The molecule has 0 unspecified atom stereocenters. The van der Waals surface area contributed by atoms with Crippen LogP contribution in [0.15, 0.2) is 6.07 Å². The molecule has 0 aliphatic carbocycles. The lowest BCUT2D eigenvalue weighted by Gasteiger charge is -1.85. The van der Waals surface area contributed by atoms with E-state index in [0.29, 0.717) is 0 Å². The standard InChI is InChI=1S/C9H7IN2S2/c1-3-2-4-7(13-3)8-6(12-4)5(11)9(10)14-8/h2,12H,11H2,1H3. The van der Waals surface area contributed by atoms with E-state index in [-0.39, 0.29) is 0 Å². The molecule has 72 valence electrons. The van der Waals surface area contributed by atoms with Gasteiger partial charge in [0, 0.05) is 4.88 Å². The first-order chi connectivity index (χ1) is 6.66. The zero-order valence-corrected chi connectivity index (χ0v) is 11.1. The van der Waals surface area contributed by atoms with Gasteiger partial charge in [-0.15, -0.1) is 22.7 Å². The van der Waals surface area contributed by atoms with E-state index in [1.54, 1.807) is 11.3 Å². The summed E-state index contributed by atoms with van der Waals surface area (Å²) in [4.78, 5) is 4.72. The fourth-order valence-corrected chi connectivity index (χ4v) is 4.56. The van der Waals surface area contributed by atoms with E-state index in [0.717, 1.165) is 11.2 Å². The fraction of sp³-hybridized carbons (Fsp3) is 0.111. The molecule has 0 spiro atoms. The minimum atomic E-state index is 0.895. The summed E-state index contributed by atoms with van der Waals surface area (Å²) < 4.78 is 3.83. The van der Waals surface area contributed by atoms with Crippen molar-refractivity contribution in [3.63, 3.8) is 0 Å². The van der Waals surface area contributed by atoms with Gasteiger partial charge in [0.2, 0.25) is 0 Å². The lowest BCUT2D eigenvalue weighted by Crippen LogP contribution is -1.83. The average Bonchev–Trinajstić information content (AvgIpc) is 2.69. The Balaban J connectivity index is 2.56. The molecule has 3 aromatic heterocycles. The molecule has 3 heterocycles. The Morgan fingerprint density at radius 2 is 2.14 bits per heavy atom. The number of nitrogens with two attached hydrogens (primary N) is 1. The summed E-state index contributed by atoms with van der Waals surface area (Å²) >= 11 is 5.89. The molecule has 0 saturated carbocycles. The van der Waals surface area contributed by atoms with Crippen molar-refractivity contribution >= 4 is 71.4 Å². The van der Waals surface area contributed by atoms with Crippen LogP contribution in [0.1, 0.15) is 4.88 Å². The highest BCUT2D eigenvalue weighted by Gasteiger charge is 2.14. The van der Waals surface area contributed by atoms with Crippen LogP contribution in [0.25, 0.3) is 20.4 Å². The highest BCUT2D eigenvalue weighted by atomic mass is 127. The van der Waals surface area contributed by atoms with Gasteiger partial charge in [-0.3, -0.25) is 0 Å². The minimum Gasteiger partial charge on any atom is -0.395 e.